The quantitative estimate of drug-likeness (QED) is 0.838. The van der Waals surface area contributed by atoms with Crippen LogP contribution in [0, 0.1) is 5.92 Å². The molecular formula is C22H30N4O3. The predicted octanol–water partition coefficient (Wildman–Crippen LogP) is 2.66. The first kappa shape index (κ1) is 19.9. The molecule has 1 aromatic carbocycles. The highest BCUT2D eigenvalue weighted by atomic mass is 16.4. The van der Waals surface area contributed by atoms with Crippen LogP contribution in [-0.4, -0.2) is 50.5 Å². The van der Waals surface area contributed by atoms with Gasteiger partial charge in [-0.15, -0.1) is 0 Å². The summed E-state index contributed by atoms with van der Waals surface area (Å²) in [5.41, 5.74) is 3.51. The maximum Gasteiger partial charge on any atom is 0.350 e. The van der Waals surface area contributed by atoms with Gasteiger partial charge in [-0.1, -0.05) is 6.07 Å². The molecule has 0 bridgehead atoms. The van der Waals surface area contributed by atoms with E-state index in [-0.39, 0.29) is 18.2 Å². The molecule has 1 aromatic heterocycles. The summed E-state index contributed by atoms with van der Waals surface area (Å²) in [4.78, 5) is 26.1. The molecule has 2 heterocycles. The number of carboxylic acids is 1. The number of likely N-dealkylation sites (N-methyl/N-ethyl adjacent to an activating group) is 1. The minimum atomic E-state index is -0.727. The fourth-order valence-corrected chi connectivity index (χ4v) is 4.72. The van der Waals surface area contributed by atoms with Gasteiger partial charge in [0.15, 0.2) is 0 Å². The molecule has 7 nitrogen and oxygen atoms in total. The van der Waals surface area contributed by atoms with Crippen molar-refractivity contribution in [2.24, 2.45) is 5.92 Å². The number of hydrogen-bond donors (Lipinski definition) is 1. The van der Waals surface area contributed by atoms with Gasteiger partial charge in [-0.2, -0.15) is 5.10 Å². The Bertz CT molecular complexity index is 924. The average molecular weight is 399 g/mol. The van der Waals surface area contributed by atoms with E-state index in [1.807, 2.05) is 6.07 Å². The fraction of sp³-hybridized carbons (Fsp3) is 0.591. The first-order valence-corrected chi connectivity index (χ1v) is 10.7. The Morgan fingerprint density at radius 3 is 2.59 bits per heavy atom. The second-order valence-corrected chi connectivity index (χ2v) is 8.59. The lowest BCUT2D eigenvalue weighted by Crippen LogP contribution is -2.30. The lowest BCUT2D eigenvalue weighted by atomic mass is 9.83. The van der Waals surface area contributed by atoms with E-state index in [9.17, 15) is 9.59 Å². The first-order chi connectivity index (χ1) is 14.0. The van der Waals surface area contributed by atoms with E-state index in [1.54, 1.807) is 15.6 Å². The van der Waals surface area contributed by atoms with Gasteiger partial charge < -0.3 is 10.0 Å². The Kier molecular flexibility index (Phi) is 5.85. The third-order valence-electron chi connectivity index (χ3n) is 6.62. The molecule has 4 rings (SSSR count). The van der Waals surface area contributed by atoms with Crippen molar-refractivity contribution in [1.82, 2.24) is 19.2 Å². The van der Waals surface area contributed by atoms with Gasteiger partial charge in [0.05, 0.1) is 11.7 Å². The highest BCUT2D eigenvalue weighted by molar-refractivity contribution is 5.66. The van der Waals surface area contributed by atoms with Crippen LogP contribution in [0.4, 0.5) is 0 Å². The van der Waals surface area contributed by atoms with Gasteiger partial charge >= 0.3 is 11.7 Å². The van der Waals surface area contributed by atoms with Crippen LogP contribution in [-0.2, 0) is 17.6 Å². The summed E-state index contributed by atoms with van der Waals surface area (Å²) in [5.74, 6) is -0.280. The molecule has 0 amide bonds. The van der Waals surface area contributed by atoms with Crippen molar-refractivity contribution < 1.29 is 9.90 Å². The summed E-state index contributed by atoms with van der Waals surface area (Å²) in [6, 6.07) is 6.44. The Labute approximate surface area is 170 Å². The summed E-state index contributed by atoms with van der Waals surface area (Å²) in [6.45, 7) is 2.11. The normalized spacial score (nSPS) is 22.8. The maximum absolute atomic E-state index is 13.0. The van der Waals surface area contributed by atoms with Crippen LogP contribution in [0.2, 0.25) is 0 Å². The van der Waals surface area contributed by atoms with Gasteiger partial charge in [0, 0.05) is 19.5 Å². The molecule has 29 heavy (non-hydrogen) atoms. The van der Waals surface area contributed by atoms with Crippen LogP contribution in [0.15, 0.2) is 29.3 Å². The maximum atomic E-state index is 13.0. The molecule has 0 radical (unpaired) electrons. The zero-order valence-corrected chi connectivity index (χ0v) is 17.1. The Hall–Kier alpha value is -2.41. The molecule has 0 saturated heterocycles. The van der Waals surface area contributed by atoms with E-state index in [4.69, 9.17) is 5.11 Å². The number of hydrogen-bond acceptors (Lipinski definition) is 4. The highest BCUT2D eigenvalue weighted by Crippen LogP contribution is 2.33. The van der Waals surface area contributed by atoms with Crippen LogP contribution >= 0.6 is 0 Å². The average Bonchev–Trinajstić information content (AvgIpc) is 3.00. The van der Waals surface area contributed by atoms with Crippen LogP contribution in [0.5, 0.6) is 0 Å². The Morgan fingerprint density at radius 2 is 1.86 bits per heavy atom. The van der Waals surface area contributed by atoms with E-state index in [1.165, 1.54) is 11.1 Å². The third kappa shape index (κ3) is 4.45. The number of nitrogens with zero attached hydrogens (tertiary/aromatic N) is 4. The largest absolute Gasteiger partial charge is 0.481 e. The van der Waals surface area contributed by atoms with Crippen LogP contribution in [0.3, 0.4) is 0 Å². The molecule has 0 unspecified atom stereocenters. The number of aromatic nitrogens is 3. The smallest absolute Gasteiger partial charge is 0.350 e. The van der Waals surface area contributed by atoms with Crippen molar-refractivity contribution in [2.75, 3.05) is 20.1 Å². The Balaban J connectivity index is 1.47. The lowest BCUT2D eigenvalue weighted by molar-refractivity contribution is -0.137. The molecule has 1 fully saturated rings. The number of fused-ring (bicyclic) bond motifs is 1. The molecule has 1 N–H and O–H groups in total. The second-order valence-electron chi connectivity index (χ2n) is 8.59. The Morgan fingerprint density at radius 1 is 1.14 bits per heavy atom. The zero-order chi connectivity index (χ0) is 20.4. The second kappa shape index (κ2) is 8.53. The fourth-order valence-electron chi connectivity index (χ4n) is 4.72. The monoisotopic (exact) mass is 398 g/mol. The van der Waals surface area contributed by atoms with Crippen LogP contribution in [0.25, 0.3) is 5.69 Å². The molecule has 2 aliphatic rings. The summed E-state index contributed by atoms with van der Waals surface area (Å²) in [5, 5.41) is 13.3. The molecular weight excluding hydrogens is 368 g/mol. The zero-order valence-electron chi connectivity index (χ0n) is 17.1. The molecule has 1 aliphatic carbocycles. The third-order valence-corrected chi connectivity index (χ3v) is 6.62. The van der Waals surface area contributed by atoms with Gasteiger partial charge in [0.2, 0.25) is 0 Å². The van der Waals surface area contributed by atoms with Crippen molar-refractivity contribution in [3.63, 3.8) is 0 Å². The summed E-state index contributed by atoms with van der Waals surface area (Å²) in [6.07, 6.45) is 8.36. The summed E-state index contributed by atoms with van der Waals surface area (Å²) in [7, 11) is 2.15. The van der Waals surface area contributed by atoms with E-state index < -0.39 is 5.97 Å². The molecule has 0 spiro atoms. The van der Waals surface area contributed by atoms with Crippen molar-refractivity contribution in [3.05, 3.63) is 46.1 Å². The minimum absolute atomic E-state index is 0.0790. The highest BCUT2D eigenvalue weighted by Gasteiger charge is 2.25. The van der Waals surface area contributed by atoms with Crippen molar-refractivity contribution in [2.45, 2.75) is 57.4 Å². The van der Waals surface area contributed by atoms with E-state index >= 15 is 0 Å². The predicted molar refractivity (Wildman–Crippen MR) is 111 cm³/mol. The van der Waals surface area contributed by atoms with E-state index in [2.05, 4.69) is 29.2 Å². The van der Waals surface area contributed by atoms with Gasteiger partial charge in [0.25, 0.3) is 0 Å². The number of benzene rings is 1. The van der Waals surface area contributed by atoms with Crippen molar-refractivity contribution >= 4 is 5.97 Å². The van der Waals surface area contributed by atoms with Crippen LogP contribution < -0.4 is 5.69 Å². The van der Waals surface area contributed by atoms with E-state index in [0.29, 0.717) is 5.92 Å². The van der Waals surface area contributed by atoms with Crippen molar-refractivity contribution in [3.8, 4) is 5.69 Å². The van der Waals surface area contributed by atoms with Crippen LogP contribution in [0.1, 0.15) is 55.7 Å². The van der Waals surface area contributed by atoms with Gasteiger partial charge in [-0.25, -0.2) is 14.0 Å². The molecule has 1 saturated carbocycles. The van der Waals surface area contributed by atoms with Crippen molar-refractivity contribution in [1.29, 1.82) is 0 Å². The lowest BCUT2D eigenvalue weighted by Gasteiger charge is -2.27. The van der Waals surface area contributed by atoms with Gasteiger partial charge in [-0.3, -0.25) is 4.79 Å². The number of carbonyl (C=O) groups is 1. The molecule has 1 aliphatic heterocycles. The first-order valence-electron chi connectivity index (χ1n) is 10.7. The molecule has 2 aromatic rings. The molecule has 156 valence electrons. The summed E-state index contributed by atoms with van der Waals surface area (Å²) >= 11 is 0. The minimum Gasteiger partial charge on any atom is -0.481 e. The van der Waals surface area contributed by atoms with Gasteiger partial charge in [0.1, 0.15) is 6.33 Å². The number of carboxylic acid groups (broad SMARTS) is 1. The SMILES string of the molecule is CN1CCc2ccc(-n3cnn(C4CCC(CCC(=O)O)CC4)c3=O)cc2CC1. The van der Waals surface area contributed by atoms with E-state index in [0.717, 1.165) is 63.7 Å². The standard InChI is InChI=1S/C22H30N4O3/c1-24-12-10-17-5-8-20(14-18(17)11-13-24)25-15-23-26(22(25)29)19-6-2-16(3-7-19)4-9-21(27)28/h5,8,14-16,19H,2-4,6-7,9-13H2,1H3,(H,27,28). The molecule has 7 heteroatoms. The van der Waals surface area contributed by atoms with Gasteiger partial charge in [-0.05, 0) is 81.2 Å². The number of aliphatic carboxylic acids is 1. The summed E-state index contributed by atoms with van der Waals surface area (Å²) < 4.78 is 3.29. The number of rotatable bonds is 5. The molecule has 0 atom stereocenters. The topological polar surface area (TPSA) is 80.4 Å².